The molecule has 0 unspecified atom stereocenters. The van der Waals surface area contributed by atoms with Crippen LogP contribution in [0, 0.1) is 0 Å². The minimum absolute atomic E-state index is 0.0279. The van der Waals surface area contributed by atoms with Crippen molar-refractivity contribution in [2.45, 2.75) is 36.3 Å². The summed E-state index contributed by atoms with van der Waals surface area (Å²) in [6.45, 7) is 3.22. The van der Waals surface area contributed by atoms with Gasteiger partial charge in [-0.2, -0.15) is 0 Å². The molecule has 4 rings (SSSR count). The third-order valence-corrected chi connectivity index (χ3v) is 5.76. The van der Waals surface area contributed by atoms with Crippen LogP contribution >= 0.6 is 11.8 Å². The van der Waals surface area contributed by atoms with Crippen molar-refractivity contribution in [1.82, 2.24) is 15.3 Å². The predicted octanol–water partition coefficient (Wildman–Crippen LogP) is 4.15. The lowest BCUT2D eigenvalue weighted by Gasteiger charge is -2.15. The number of fused-ring (bicyclic) bond motifs is 1. The fourth-order valence-corrected chi connectivity index (χ4v) is 4.04. The van der Waals surface area contributed by atoms with Gasteiger partial charge in [0, 0.05) is 24.2 Å². The van der Waals surface area contributed by atoms with Crippen molar-refractivity contribution in [3.63, 3.8) is 0 Å². The number of carbonyl (C=O) groups excluding carboxylic acids is 1. The van der Waals surface area contributed by atoms with Gasteiger partial charge in [0.2, 0.25) is 5.91 Å². The summed E-state index contributed by atoms with van der Waals surface area (Å²) >= 11 is 1.36. The molecule has 0 bridgehead atoms. The number of ether oxygens (including phenoxy) is 1. The number of hydrogen-bond donors (Lipinski definition) is 2. The van der Waals surface area contributed by atoms with Gasteiger partial charge in [0.25, 0.3) is 0 Å². The maximum Gasteiger partial charge on any atom is 0.233 e. The van der Waals surface area contributed by atoms with Crippen LogP contribution in [0.25, 0.3) is 10.9 Å². The summed E-state index contributed by atoms with van der Waals surface area (Å²) in [6.07, 6.45) is 2.20. The number of anilines is 2. The normalized spacial score (nSPS) is 17.2. The molecule has 2 atom stereocenters. The van der Waals surface area contributed by atoms with Gasteiger partial charge in [0.15, 0.2) is 5.16 Å². The predicted molar refractivity (Wildman–Crippen MR) is 117 cm³/mol. The Balaban J connectivity index is 1.50. The van der Waals surface area contributed by atoms with E-state index >= 15 is 0 Å². The lowest BCUT2D eigenvalue weighted by molar-refractivity contribution is -0.120. The lowest BCUT2D eigenvalue weighted by Crippen LogP contribution is -2.36. The molecule has 1 amide bonds. The first-order chi connectivity index (χ1) is 14.2. The fraction of sp³-hybridized carbons (Fsp3) is 0.318. The second-order valence-electron chi connectivity index (χ2n) is 7.00. The number of benzene rings is 2. The minimum atomic E-state index is -0.304. The molecule has 1 aromatic heterocycles. The summed E-state index contributed by atoms with van der Waals surface area (Å²) in [5, 5.41) is 7.56. The maximum atomic E-state index is 12.5. The van der Waals surface area contributed by atoms with Gasteiger partial charge in [-0.05, 0) is 44.0 Å². The highest BCUT2D eigenvalue weighted by atomic mass is 32.2. The molecule has 0 saturated carbocycles. The Kier molecular flexibility index (Phi) is 6.27. The molecule has 7 heteroatoms. The van der Waals surface area contributed by atoms with Crippen molar-refractivity contribution in [2.24, 2.45) is 0 Å². The number of nitrogens with zero attached hydrogens (tertiary/aromatic N) is 2. The first-order valence-corrected chi connectivity index (χ1v) is 10.7. The van der Waals surface area contributed by atoms with E-state index in [9.17, 15) is 4.79 Å². The van der Waals surface area contributed by atoms with Crippen LogP contribution in [0.1, 0.15) is 19.8 Å². The van der Waals surface area contributed by atoms with Gasteiger partial charge in [-0.1, -0.05) is 42.1 Å². The smallest absolute Gasteiger partial charge is 0.233 e. The van der Waals surface area contributed by atoms with Gasteiger partial charge in [0.1, 0.15) is 5.82 Å². The van der Waals surface area contributed by atoms with Crippen molar-refractivity contribution in [2.75, 3.05) is 18.5 Å². The number of nitrogens with one attached hydrogen (secondary N) is 2. The van der Waals surface area contributed by atoms with Gasteiger partial charge in [0.05, 0.1) is 16.9 Å². The van der Waals surface area contributed by atoms with E-state index in [1.165, 1.54) is 11.8 Å². The van der Waals surface area contributed by atoms with E-state index in [-0.39, 0.29) is 17.3 Å². The lowest BCUT2D eigenvalue weighted by atomic mass is 10.2. The second-order valence-corrected chi connectivity index (χ2v) is 8.31. The highest BCUT2D eigenvalue weighted by Gasteiger charge is 2.20. The standard InChI is InChI=1S/C22H24N4O2S/c1-15(21(27)23-14-17-10-7-13-28-17)29-22-25-19-12-6-5-11-18(19)20(26-22)24-16-8-3-2-4-9-16/h2-6,8-9,11-12,15,17H,7,10,13-14H2,1H3,(H,23,27)(H,24,25,26)/t15-,17-/m0/s1. The Morgan fingerprint density at radius 1 is 1.17 bits per heavy atom. The summed E-state index contributed by atoms with van der Waals surface area (Å²) in [5.41, 5.74) is 1.80. The van der Waals surface area contributed by atoms with E-state index in [0.717, 1.165) is 41.9 Å². The molecule has 6 nitrogen and oxygen atoms in total. The molecule has 2 aromatic carbocycles. The Labute approximate surface area is 174 Å². The fourth-order valence-electron chi connectivity index (χ4n) is 3.24. The number of hydrogen-bond acceptors (Lipinski definition) is 6. The molecule has 2 N–H and O–H groups in total. The Bertz CT molecular complexity index is 977. The Morgan fingerprint density at radius 2 is 1.97 bits per heavy atom. The van der Waals surface area contributed by atoms with E-state index in [0.29, 0.717) is 11.7 Å². The van der Waals surface area contributed by atoms with Gasteiger partial charge >= 0.3 is 0 Å². The highest BCUT2D eigenvalue weighted by Crippen LogP contribution is 2.28. The molecule has 1 aliphatic heterocycles. The van der Waals surface area contributed by atoms with E-state index in [4.69, 9.17) is 9.72 Å². The zero-order chi connectivity index (χ0) is 20.1. The largest absolute Gasteiger partial charge is 0.376 e. The number of thioether (sulfide) groups is 1. The summed E-state index contributed by atoms with van der Waals surface area (Å²) < 4.78 is 5.57. The van der Waals surface area contributed by atoms with Gasteiger partial charge in [-0.15, -0.1) is 0 Å². The van der Waals surface area contributed by atoms with Gasteiger partial charge < -0.3 is 15.4 Å². The zero-order valence-electron chi connectivity index (χ0n) is 16.3. The first kappa shape index (κ1) is 19.7. The topological polar surface area (TPSA) is 76.1 Å². The van der Waals surface area contributed by atoms with Crippen molar-refractivity contribution in [1.29, 1.82) is 0 Å². The third kappa shape index (κ3) is 5.05. The zero-order valence-corrected chi connectivity index (χ0v) is 17.1. The Morgan fingerprint density at radius 3 is 2.76 bits per heavy atom. The third-order valence-electron chi connectivity index (χ3n) is 4.80. The van der Waals surface area contributed by atoms with Crippen LogP contribution in [-0.2, 0) is 9.53 Å². The molecule has 0 radical (unpaired) electrons. The number of amides is 1. The molecule has 3 aromatic rings. The van der Waals surface area contributed by atoms with E-state index < -0.39 is 0 Å². The molecular formula is C22H24N4O2S. The minimum Gasteiger partial charge on any atom is -0.376 e. The van der Waals surface area contributed by atoms with Crippen LogP contribution in [0.4, 0.5) is 11.5 Å². The van der Waals surface area contributed by atoms with Gasteiger partial charge in [-0.3, -0.25) is 4.79 Å². The second kappa shape index (κ2) is 9.24. The molecule has 1 saturated heterocycles. The summed E-state index contributed by atoms with van der Waals surface area (Å²) in [6, 6.07) is 17.8. The average molecular weight is 409 g/mol. The summed E-state index contributed by atoms with van der Waals surface area (Å²) in [7, 11) is 0. The number of aromatic nitrogens is 2. The summed E-state index contributed by atoms with van der Waals surface area (Å²) in [5.74, 6) is 0.705. The highest BCUT2D eigenvalue weighted by molar-refractivity contribution is 8.00. The molecule has 0 aliphatic carbocycles. The molecule has 29 heavy (non-hydrogen) atoms. The number of rotatable bonds is 7. The van der Waals surface area contributed by atoms with Gasteiger partial charge in [-0.25, -0.2) is 9.97 Å². The van der Waals surface area contributed by atoms with Crippen molar-refractivity contribution >= 4 is 40.1 Å². The average Bonchev–Trinajstić information content (AvgIpc) is 3.26. The number of carbonyl (C=O) groups is 1. The SMILES string of the molecule is C[C@H](Sc1nc(Nc2ccccc2)c2ccccc2n1)C(=O)NC[C@@H]1CCCO1. The quantitative estimate of drug-likeness (QED) is 0.452. The first-order valence-electron chi connectivity index (χ1n) is 9.84. The Hall–Kier alpha value is -2.64. The monoisotopic (exact) mass is 408 g/mol. The van der Waals surface area contributed by atoms with E-state index in [2.05, 4.69) is 15.6 Å². The summed E-state index contributed by atoms with van der Waals surface area (Å²) in [4.78, 5) is 21.8. The maximum absolute atomic E-state index is 12.5. The molecule has 2 heterocycles. The van der Waals surface area contributed by atoms with Crippen LogP contribution in [0.15, 0.2) is 59.8 Å². The molecule has 1 aliphatic rings. The molecule has 150 valence electrons. The van der Waals surface area contributed by atoms with E-state index in [1.807, 2.05) is 61.5 Å². The van der Waals surface area contributed by atoms with Crippen LogP contribution in [0.5, 0.6) is 0 Å². The van der Waals surface area contributed by atoms with E-state index in [1.54, 1.807) is 0 Å². The molecule has 1 fully saturated rings. The van der Waals surface area contributed by atoms with Crippen LogP contribution in [0.3, 0.4) is 0 Å². The molecule has 0 spiro atoms. The van der Waals surface area contributed by atoms with Crippen LogP contribution in [-0.4, -0.2) is 40.4 Å². The van der Waals surface area contributed by atoms with Crippen molar-refractivity contribution in [3.05, 3.63) is 54.6 Å². The van der Waals surface area contributed by atoms with Crippen LogP contribution < -0.4 is 10.6 Å². The van der Waals surface area contributed by atoms with Crippen molar-refractivity contribution in [3.8, 4) is 0 Å². The van der Waals surface area contributed by atoms with Crippen LogP contribution in [0.2, 0.25) is 0 Å². The molecular weight excluding hydrogens is 384 g/mol. The number of para-hydroxylation sites is 2. The van der Waals surface area contributed by atoms with Crippen molar-refractivity contribution < 1.29 is 9.53 Å².